The average molecular weight is 226 g/mol. The average Bonchev–Trinajstić information content (AvgIpc) is 2.66. The maximum absolute atomic E-state index is 11.6. The van der Waals surface area contributed by atoms with Crippen LogP contribution in [-0.2, 0) is 16.0 Å². The minimum absolute atomic E-state index is 0.0117. The van der Waals surface area contributed by atoms with Gasteiger partial charge in [-0.05, 0) is 18.6 Å². The molecular weight excluding hydrogens is 212 g/mol. The van der Waals surface area contributed by atoms with Crippen LogP contribution in [0.15, 0.2) is 12.1 Å². The summed E-state index contributed by atoms with van der Waals surface area (Å²) in [7, 11) is 1.45. The first-order chi connectivity index (χ1) is 7.17. The second-order valence-electron chi connectivity index (χ2n) is 3.19. The van der Waals surface area contributed by atoms with Gasteiger partial charge in [0.15, 0.2) is 11.6 Å². The minimum Gasteiger partial charge on any atom is -0.377 e. The first kappa shape index (κ1) is 12.1. The van der Waals surface area contributed by atoms with Crippen molar-refractivity contribution in [3.05, 3.63) is 21.9 Å². The zero-order chi connectivity index (χ0) is 11.3. The summed E-state index contributed by atoms with van der Waals surface area (Å²) in [5, 5.41) is 0. The number of Topliss-reactive ketones (excluding diaryl/α,β-unsaturated/α-hetero) is 2. The highest BCUT2D eigenvalue weighted by atomic mass is 32.1. The molecule has 1 aromatic rings. The molecule has 0 aromatic carbocycles. The number of ether oxygens (including phenoxy) is 1. The number of thiophene rings is 1. The summed E-state index contributed by atoms with van der Waals surface area (Å²) in [5.74, 6) is -0.282. The van der Waals surface area contributed by atoms with E-state index in [2.05, 4.69) is 4.74 Å². The van der Waals surface area contributed by atoms with E-state index in [9.17, 15) is 9.59 Å². The lowest BCUT2D eigenvalue weighted by Crippen LogP contribution is -2.11. The maximum Gasteiger partial charge on any atom is 0.180 e. The van der Waals surface area contributed by atoms with E-state index in [0.29, 0.717) is 4.88 Å². The minimum atomic E-state index is -0.172. The van der Waals surface area contributed by atoms with Gasteiger partial charge in [-0.15, -0.1) is 11.3 Å². The van der Waals surface area contributed by atoms with Crippen LogP contribution in [0.3, 0.4) is 0 Å². The van der Waals surface area contributed by atoms with E-state index in [4.69, 9.17) is 0 Å². The van der Waals surface area contributed by atoms with Crippen LogP contribution in [0.4, 0.5) is 0 Å². The second-order valence-corrected chi connectivity index (χ2v) is 4.36. The summed E-state index contributed by atoms with van der Waals surface area (Å²) in [6, 6.07) is 3.71. The molecule has 15 heavy (non-hydrogen) atoms. The Morgan fingerprint density at radius 1 is 1.40 bits per heavy atom. The molecule has 4 heteroatoms. The Hall–Kier alpha value is -1.00. The van der Waals surface area contributed by atoms with E-state index in [-0.39, 0.29) is 24.6 Å². The Morgan fingerprint density at radius 3 is 2.67 bits per heavy atom. The molecule has 1 heterocycles. The molecule has 0 saturated heterocycles. The number of aryl methyl sites for hydroxylation is 1. The number of hydrogen-bond donors (Lipinski definition) is 0. The number of carbonyl (C=O) groups is 2. The van der Waals surface area contributed by atoms with Crippen molar-refractivity contribution in [2.24, 2.45) is 0 Å². The smallest absolute Gasteiger partial charge is 0.180 e. The standard InChI is InChI=1S/C11H14O3S/c1-3-9-4-5-11(15-9)10(13)6-8(12)7-14-2/h4-5H,3,6-7H2,1-2H3. The summed E-state index contributed by atoms with van der Waals surface area (Å²) in [6.45, 7) is 2.05. The predicted molar refractivity (Wildman–Crippen MR) is 59.5 cm³/mol. The van der Waals surface area contributed by atoms with Crippen molar-refractivity contribution in [2.45, 2.75) is 19.8 Å². The summed E-state index contributed by atoms with van der Waals surface area (Å²) in [4.78, 5) is 24.6. The highest BCUT2D eigenvalue weighted by Gasteiger charge is 2.13. The molecule has 1 rings (SSSR count). The Morgan fingerprint density at radius 2 is 2.13 bits per heavy atom. The van der Waals surface area contributed by atoms with Crippen LogP contribution in [0, 0.1) is 0 Å². The van der Waals surface area contributed by atoms with Crippen LogP contribution in [0.2, 0.25) is 0 Å². The van der Waals surface area contributed by atoms with Gasteiger partial charge >= 0.3 is 0 Å². The van der Waals surface area contributed by atoms with Gasteiger partial charge in [0.2, 0.25) is 0 Å². The molecule has 0 saturated carbocycles. The number of carbonyl (C=O) groups excluding carboxylic acids is 2. The van der Waals surface area contributed by atoms with Crippen LogP contribution in [0.1, 0.15) is 27.9 Å². The van der Waals surface area contributed by atoms with Crippen LogP contribution < -0.4 is 0 Å². The molecule has 0 aliphatic rings. The van der Waals surface area contributed by atoms with Crippen molar-refractivity contribution in [2.75, 3.05) is 13.7 Å². The van der Waals surface area contributed by atoms with E-state index in [1.165, 1.54) is 18.4 Å². The van der Waals surface area contributed by atoms with Crippen molar-refractivity contribution in [3.8, 4) is 0 Å². The zero-order valence-corrected chi connectivity index (χ0v) is 9.73. The molecule has 0 N–H and O–H groups in total. The monoisotopic (exact) mass is 226 g/mol. The Labute approximate surface area is 93.1 Å². The molecule has 3 nitrogen and oxygen atoms in total. The van der Waals surface area contributed by atoms with Gasteiger partial charge in [-0.1, -0.05) is 6.92 Å². The highest BCUT2D eigenvalue weighted by Crippen LogP contribution is 2.18. The molecule has 0 spiro atoms. The SMILES string of the molecule is CCc1ccc(C(=O)CC(=O)COC)s1. The van der Waals surface area contributed by atoms with Crippen LogP contribution in [0.25, 0.3) is 0 Å². The number of hydrogen-bond acceptors (Lipinski definition) is 4. The molecule has 0 fully saturated rings. The summed E-state index contributed by atoms with van der Waals surface area (Å²) < 4.78 is 4.67. The van der Waals surface area contributed by atoms with Crippen molar-refractivity contribution in [3.63, 3.8) is 0 Å². The third-order valence-corrected chi connectivity index (χ3v) is 3.22. The largest absolute Gasteiger partial charge is 0.377 e. The van der Waals surface area contributed by atoms with Gasteiger partial charge in [-0.2, -0.15) is 0 Å². The van der Waals surface area contributed by atoms with E-state index < -0.39 is 0 Å². The molecule has 0 aliphatic heterocycles. The number of rotatable bonds is 6. The molecule has 0 unspecified atom stereocenters. The lowest BCUT2D eigenvalue weighted by Gasteiger charge is -1.96. The Kier molecular flexibility index (Phi) is 4.65. The maximum atomic E-state index is 11.6. The first-order valence-corrected chi connectivity index (χ1v) is 5.61. The van der Waals surface area contributed by atoms with Crippen molar-refractivity contribution >= 4 is 22.9 Å². The number of ketones is 2. The van der Waals surface area contributed by atoms with E-state index in [0.717, 1.165) is 11.3 Å². The fourth-order valence-corrected chi connectivity index (χ4v) is 2.08. The lowest BCUT2D eigenvalue weighted by molar-refractivity contribution is -0.121. The van der Waals surface area contributed by atoms with Gasteiger partial charge in [0.25, 0.3) is 0 Å². The van der Waals surface area contributed by atoms with Crippen molar-refractivity contribution < 1.29 is 14.3 Å². The van der Waals surface area contributed by atoms with Gasteiger partial charge < -0.3 is 4.74 Å². The first-order valence-electron chi connectivity index (χ1n) is 4.80. The van der Waals surface area contributed by atoms with Crippen LogP contribution in [-0.4, -0.2) is 25.3 Å². The topological polar surface area (TPSA) is 43.4 Å². The molecule has 82 valence electrons. The Bertz CT molecular complexity index is 354. The van der Waals surface area contributed by atoms with Gasteiger partial charge in [0.05, 0.1) is 11.3 Å². The van der Waals surface area contributed by atoms with Gasteiger partial charge in [0, 0.05) is 12.0 Å². The predicted octanol–water partition coefficient (Wildman–Crippen LogP) is 2.10. The van der Waals surface area contributed by atoms with E-state index >= 15 is 0 Å². The number of methoxy groups -OCH3 is 1. The molecule has 0 atom stereocenters. The van der Waals surface area contributed by atoms with E-state index in [1.54, 1.807) is 6.07 Å². The molecule has 0 amide bonds. The summed E-state index contributed by atoms with van der Waals surface area (Å²) >= 11 is 1.46. The molecular formula is C11H14O3S. The van der Waals surface area contributed by atoms with Crippen LogP contribution >= 0.6 is 11.3 Å². The lowest BCUT2D eigenvalue weighted by atomic mass is 10.2. The normalized spacial score (nSPS) is 10.3. The third kappa shape index (κ3) is 3.57. The molecule has 0 bridgehead atoms. The quantitative estimate of drug-likeness (QED) is 0.551. The van der Waals surface area contributed by atoms with Gasteiger partial charge in [-0.3, -0.25) is 9.59 Å². The van der Waals surface area contributed by atoms with E-state index in [1.807, 2.05) is 13.0 Å². The molecule has 1 aromatic heterocycles. The van der Waals surface area contributed by atoms with Crippen molar-refractivity contribution in [1.29, 1.82) is 0 Å². The van der Waals surface area contributed by atoms with Gasteiger partial charge in [-0.25, -0.2) is 0 Å². The Balaban J connectivity index is 2.57. The highest BCUT2D eigenvalue weighted by molar-refractivity contribution is 7.14. The van der Waals surface area contributed by atoms with Crippen LogP contribution in [0.5, 0.6) is 0 Å². The summed E-state index contributed by atoms with van der Waals surface area (Å²) in [6.07, 6.45) is 0.863. The second kappa shape index (κ2) is 5.78. The zero-order valence-electron chi connectivity index (χ0n) is 8.91. The van der Waals surface area contributed by atoms with Gasteiger partial charge in [0.1, 0.15) is 6.61 Å². The molecule has 0 aliphatic carbocycles. The fraction of sp³-hybridized carbons (Fsp3) is 0.455. The molecule has 0 radical (unpaired) electrons. The fourth-order valence-electron chi connectivity index (χ4n) is 1.20. The summed E-state index contributed by atoms with van der Waals surface area (Å²) in [5.41, 5.74) is 0. The third-order valence-electron chi connectivity index (χ3n) is 1.95. The van der Waals surface area contributed by atoms with Crippen molar-refractivity contribution in [1.82, 2.24) is 0 Å².